The molecule has 0 fully saturated rings. The van der Waals surface area contributed by atoms with E-state index in [4.69, 9.17) is 37.0 Å². The number of esters is 4. The Hall–Kier alpha value is -1.94. The van der Waals surface area contributed by atoms with Gasteiger partial charge in [-0.25, -0.2) is 9.13 Å². The van der Waals surface area contributed by atoms with Crippen molar-refractivity contribution in [2.24, 2.45) is 5.92 Å². The van der Waals surface area contributed by atoms with Crippen LogP contribution in [0.25, 0.3) is 0 Å². The summed E-state index contributed by atoms with van der Waals surface area (Å²) in [5, 5.41) is 10.5. The van der Waals surface area contributed by atoms with Crippen LogP contribution in [0.4, 0.5) is 0 Å². The molecule has 0 amide bonds. The van der Waals surface area contributed by atoms with Crippen molar-refractivity contribution in [3.63, 3.8) is 0 Å². The summed E-state index contributed by atoms with van der Waals surface area (Å²) in [6, 6.07) is 0. The van der Waals surface area contributed by atoms with E-state index in [-0.39, 0.29) is 25.7 Å². The largest absolute Gasteiger partial charge is 0.472 e. The smallest absolute Gasteiger partial charge is 0.462 e. The van der Waals surface area contributed by atoms with E-state index in [0.717, 1.165) is 115 Å². The molecule has 0 bridgehead atoms. The molecule has 0 aromatic carbocycles. The van der Waals surface area contributed by atoms with E-state index in [1.807, 2.05) is 0 Å². The Bertz CT molecular complexity index is 1530. The summed E-state index contributed by atoms with van der Waals surface area (Å²) in [5.41, 5.74) is 0. The number of phosphoric acid groups is 2. The molecule has 0 aliphatic carbocycles. The summed E-state index contributed by atoms with van der Waals surface area (Å²) < 4.78 is 67.5. The summed E-state index contributed by atoms with van der Waals surface area (Å²) in [6.07, 6.45) is 35.3. The summed E-state index contributed by atoms with van der Waals surface area (Å²) in [5.74, 6) is -1.41. The SMILES string of the molecule is CCCCCCCCCCCCCCCCC(=O)O[C@H](COC(=O)CCCCCCCCCCCC(C)C)COP(=O)(O)OC[C@@H](O)COP(=O)(O)OC[C@@H](COC(=O)CCCCCCC)OC(=O)CCCCCCCCC. The topological polar surface area (TPSA) is 237 Å². The standard InChI is InChI=1S/C59H114O17P2/c1-6-9-12-15-17-18-19-20-21-22-25-30-35-40-45-59(64)76-55(49-70-57(62)43-38-33-29-26-23-24-28-32-36-41-52(4)5)51-74-78(67,68)72-47-53(60)46-71-77(65,66)73-50-54(48-69-56(61)42-37-31-14-11-8-3)75-58(63)44-39-34-27-16-13-10-7-2/h52-55,60H,6-51H2,1-5H3,(H,65,66)(H,67,68)/t53-,54+,55+/m0/s1. The number of phosphoric ester groups is 2. The minimum atomic E-state index is -4.94. The molecule has 5 atom stereocenters. The molecular weight excluding hydrogens is 1040 g/mol. The lowest BCUT2D eigenvalue weighted by Gasteiger charge is -2.21. The van der Waals surface area contributed by atoms with Crippen LogP contribution in [0.15, 0.2) is 0 Å². The van der Waals surface area contributed by atoms with Crippen LogP contribution in [0.2, 0.25) is 0 Å². The maximum absolute atomic E-state index is 12.9. The summed E-state index contributed by atoms with van der Waals surface area (Å²) in [6.45, 7) is 7.01. The second-order valence-electron chi connectivity index (χ2n) is 21.9. The average molecular weight is 1160 g/mol. The third-order valence-electron chi connectivity index (χ3n) is 13.5. The first-order chi connectivity index (χ1) is 37.5. The van der Waals surface area contributed by atoms with Crippen molar-refractivity contribution in [2.75, 3.05) is 39.6 Å². The fourth-order valence-corrected chi connectivity index (χ4v) is 10.3. The predicted molar refractivity (Wildman–Crippen MR) is 308 cm³/mol. The van der Waals surface area contributed by atoms with Gasteiger partial charge in [0.1, 0.15) is 19.3 Å². The number of hydrogen-bond acceptors (Lipinski definition) is 15. The quantitative estimate of drug-likeness (QED) is 0.0222. The van der Waals surface area contributed by atoms with Crippen LogP contribution in [0.1, 0.15) is 291 Å². The molecule has 0 aliphatic rings. The first kappa shape index (κ1) is 76.1. The first-order valence-electron chi connectivity index (χ1n) is 31.1. The van der Waals surface area contributed by atoms with Gasteiger partial charge in [-0.15, -0.1) is 0 Å². The number of unbranched alkanes of at least 4 members (excludes halogenated alkanes) is 31. The zero-order chi connectivity index (χ0) is 57.8. The number of aliphatic hydroxyl groups is 1. The van der Waals surface area contributed by atoms with Crippen molar-refractivity contribution in [1.82, 2.24) is 0 Å². The monoisotopic (exact) mass is 1160 g/mol. The second kappa shape index (κ2) is 53.1. The van der Waals surface area contributed by atoms with Crippen LogP contribution in [0.5, 0.6) is 0 Å². The van der Waals surface area contributed by atoms with Crippen LogP contribution in [-0.2, 0) is 65.4 Å². The molecule has 3 N–H and O–H groups in total. The van der Waals surface area contributed by atoms with Crippen LogP contribution in [0.3, 0.4) is 0 Å². The Morgan fingerprint density at radius 3 is 0.872 bits per heavy atom. The normalized spacial score (nSPS) is 14.4. The van der Waals surface area contributed by atoms with Crippen molar-refractivity contribution in [2.45, 2.75) is 310 Å². The van der Waals surface area contributed by atoms with Crippen LogP contribution >= 0.6 is 15.6 Å². The molecule has 462 valence electrons. The van der Waals surface area contributed by atoms with Crippen molar-refractivity contribution in [1.29, 1.82) is 0 Å². The molecule has 19 heteroatoms. The van der Waals surface area contributed by atoms with E-state index in [1.165, 1.54) is 96.3 Å². The first-order valence-corrected chi connectivity index (χ1v) is 34.1. The van der Waals surface area contributed by atoms with Gasteiger partial charge in [-0.3, -0.25) is 37.3 Å². The van der Waals surface area contributed by atoms with E-state index < -0.39 is 97.5 Å². The summed E-state index contributed by atoms with van der Waals surface area (Å²) in [7, 11) is -9.86. The molecule has 0 radical (unpaired) electrons. The Morgan fingerprint density at radius 2 is 0.590 bits per heavy atom. The zero-order valence-electron chi connectivity index (χ0n) is 49.8. The molecule has 0 spiro atoms. The minimum Gasteiger partial charge on any atom is -0.462 e. The van der Waals surface area contributed by atoms with Crippen LogP contribution in [-0.4, -0.2) is 96.7 Å². The molecule has 78 heavy (non-hydrogen) atoms. The van der Waals surface area contributed by atoms with Crippen LogP contribution < -0.4 is 0 Å². The van der Waals surface area contributed by atoms with Gasteiger partial charge in [0, 0.05) is 25.7 Å². The van der Waals surface area contributed by atoms with Gasteiger partial charge in [-0.2, -0.15) is 0 Å². The lowest BCUT2D eigenvalue weighted by molar-refractivity contribution is -0.161. The number of rotatable bonds is 59. The van der Waals surface area contributed by atoms with Crippen molar-refractivity contribution < 1.29 is 80.2 Å². The molecule has 0 aliphatic heterocycles. The maximum Gasteiger partial charge on any atom is 0.472 e. The third kappa shape index (κ3) is 53.4. The Morgan fingerprint density at radius 1 is 0.346 bits per heavy atom. The maximum atomic E-state index is 12.9. The molecule has 0 aromatic heterocycles. The molecule has 0 rings (SSSR count). The number of ether oxygens (including phenoxy) is 4. The van der Waals surface area contributed by atoms with Gasteiger partial charge < -0.3 is 33.8 Å². The Kier molecular flexibility index (Phi) is 51.8. The second-order valence-corrected chi connectivity index (χ2v) is 24.8. The fraction of sp³-hybridized carbons (Fsp3) is 0.932. The number of hydrogen-bond donors (Lipinski definition) is 3. The highest BCUT2D eigenvalue weighted by Gasteiger charge is 2.30. The highest BCUT2D eigenvalue weighted by Crippen LogP contribution is 2.45. The molecule has 2 unspecified atom stereocenters. The van der Waals surface area contributed by atoms with Gasteiger partial charge in [0.25, 0.3) is 0 Å². The van der Waals surface area contributed by atoms with E-state index in [0.29, 0.717) is 25.7 Å². The Balaban J connectivity index is 5.16. The molecule has 0 saturated heterocycles. The van der Waals surface area contributed by atoms with E-state index >= 15 is 0 Å². The summed E-state index contributed by atoms with van der Waals surface area (Å²) >= 11 is 0. The molecule has 0 saturated carbocycles. The summed E-state index contributed by atoms with van der Waals surface area (Å²) in [4.78, 5) is 71.6. The third-order valence-corrected chi connectivity index (χ3v) is 15.4. The lowest BCUT2D eigenvalue weighted by Crippen LogP contribution is -2.30. The fourth-order valence-electron chi connectivity index (χ4n) is 8.70. The lowest BCUT2D eigenvalue weighted by atomic mass is 10.0. The molecular formula is C59H114O17P2. The van der Waals surface area contributed by atoms with Crippen LogP contribution in [0, 0.1) is 5.92 Å². The number of carbonyl (C=O) groups excluding carboxylic acids is 4. The van der Waals surface area contributed by atoms with Gasteiger partial charge in [0.2, 0.25) is 0 Å². The van der Waals surface area contributed by atoms with Gasteiger partial charge in [0.05, 0.1) is 26.4 Å². The zero-order valence-corrected chi connectivity index (χ0v) is 51.6. The van der Waals surface area contributed by atoms with E-state index in [2.05, 4.69) is 34.6 Å². The van der Waals surface area contributed by atoms with Gasteiger partial charge in [-0.1, -0.05) is 240 Å². The molecule has 0 heterocycles. The van der Waals surface area contributed by atoms with Gasteiger partial charge in [-0.05, 0) is 31.6 Å². The van der Waals surface area contributed by atoms with Crippen molar-refractivity contribution in [3.05, 3.63) is 0 Å². The Labute approximate surface area is 473 Å². The predicted octanol–water partition coefficient (Wildman–Crippen LogP) is 15.8. The number of aliphatic hydroxyl groups excluding tert-OH is 1. The molecule has 17 nitrogen and oxygen atoms in total. The van der Waals surface area contributed by atoms with Crippen molar-refractivity contribution in [3.8, 4) is 0 Å². The van der Waals surface area contributed by atoms with E-state index in [9.17, 15) is 43.2 Å². The molecule has 0 aromatic rings. The van der Waals surface area contributed by atoms with E-state index in [1.54, 1.807) is 0 Å². The number of carbonyl (C=O) groups is 4. The average Bonchev–Trinajstić information content (AvgIpc) is 3.40. The van der Waals surface area contributed by atoms with Crippen molar-refractivity contribution >= 4 is 39.5 Å². The van der Waals surface area contributed by atoms with Gasteiger partial charge >= 0.3 is 39.5 Å². The highest BCUT2D eigenvalue weighted by atomic mass is 31.2. The highest BCUT2D eigenvalue weighted by molar-refractivity contribution is 7.47. The minimum absolute atomic E-state index is 0.103. The van der Waals surface area contributed by atoms with Gasteiger partial charge in [0.15, 0.2) is 12.2 Å².